The van der Waals surface area contributed by atoms with Crippen molar-refractivity contribution in [2.24, 2.45) is 4.99 Å². The van der Waals surface area contributed by atoms with Gasteiger partial charge in [0.15, 0.2) is 5.96 Å². The van der Waals surface area contributed by atoms with Gasteiger partial charge in [-0.15, -0.1) is 0 Å². The average Bonchev–Trinajstić information content (AvgIpc) is 2.73. The lowest BCUT2D eigenvalue weighted by Crippen LogP contribution is -2.40. The zero-order valence-corrected chi connectivity index (χ0v) is 16.4. The Morgan fingerprint density at radius 2 is 1.52 bits per heavy atom. The summed E-state index contributed by atoms with van der Waals surface area (Å²) in [6.45, 7) is 3.58. The van der Waals surface area contributed by atoms with Crippen LogP contribution < -0.4 is 10.6 Å². The first kappa shape index (κ1) is 20.9. The van der Waals surface area contributed by atoms with Gasteiger partial charge in [0, 0.05) is 39.8 Å². The van der Waals surface area contributed by atoms with E-state index in [1.165, 1.54) is 11.1 Å². The topological polar surface area (TPSA) is 54.9 Å². The maximum absolute atomic E-state index is 5.48. The Bertz CT molecular complexity index is 608. The molecule has 0 unspecified atom stereocenters. The molecule has 0 fully saturated rings. The van der Waals surface area contributed by atoms with Crippen LogP contribution in [0.2, 0.25) is 0 Å². The Kier molecular flexibility index (Phi) is 10.0. The molecule has 2 aromatic rings. The van der Waals surface area contributed by atoms with Gasteiger partial charge in [-0.1, -0.05) is 60.7 Å². The van der Waals surface area contributed by atoms with Gasteiger partial charge in [0.2, 0.25) is 0 Å². The van der Waals surface area contributed by atoms with Crippen LogP contribution >= 0.6 is 0 Å². The highest BCUT2D eigenvalue weighted by atomic mass is 16.5. The maximum atomic E-state index is 5.48. The number of ether oxygens (including phenoxy) is 2. The first-order valence-corrected chi connectivity index (χ1v) is 9.46. The number of aliphatic imine (C=N–C) groups is 1. The van der Waals surface area contributed by atoms with E-state index in [2.05, 4.69) is 64.2 Å². The third kappa shape index (κ3) is 7.81. The Balaban J connectivity index is 1.84. The molecule has 27 heavy (non-hydrogen) atoms. The van der Waals surface area contributed by atoms with E-state index in [4.69, 9.17) is 9.47 Å². The highest BCUT2D eigenvalue weighted by Gasteiger charge is 2.14. The Morgan fingerprint density at radius 3 is 2.07 bits per heavy atom. The van der Waals surface area contributed by atoms with Crippen molar-refractivity contribution in [3.63, 3.8) is 0 Å². The molecule has 0 aliphatic rings. The smallest absolute Gasteiger partial charge is 0.191 e. The van der Waals surface area contributed by atoms with Gasteiger partial charge in [-0.2, -0.15) is 0 Å². The normalized spacial score (nSPS) is 11.6. The molecule has 0 aliphatic heterocycles. The van der Waals surface area contributed by atoms with E-state index in [0.717, 1.165) is 25.5 Å². The minimum Gasteiger partial charge on any atom is -0.382 e. The summed E-state index contributed by atoms with van der Waals surface area (Å²) in [6, 6.07) is 21.1. The third-order valence-corrected chi connectivity index (χ3v) is 4.29. The Hall–Kier alpha value is -2.37. The van der Waals surface area contributed by atoms with E-state index in [9.17, 15) is 0 Å². The second-order valence-electron chi connectivity index (χ2n) is 6.21. The van der Waals surface area contributed by atoms with Gasteiger partial charge in [0.25, 0.3) is 0 Å². The summed E-state index contributed by atoms with van der Waals surface area (Å²) in [4.78, 5) is 4.33. The van der Waals surface area contributed by atoms with E-state index in [1.54, 1.807) is 14.2 Å². The van der Waals surface area contributed by atoms with Crippen molar-refractivity contribution in [3.8, 4) is 0 Å². The molecule has 0 aromatic heterocycles. The van der Waals surface area contributed by atoms with Crippen LogP contribution in [0, 0.1) is 0 Å². The second-order valence-corrected chi connectivity index (χ2v) is 6.21. The molecule has 0 saturated carbocycles. The summed E-state index contributed by atoms with van der Waals surface area (Å²) in [7, 11) is 3.48. The molecular formula is C22H31N3O2. The van der Waals surface area contributed by atoms with Crippen molar-refractivity contribution in [3.05, 3.63) is 71.8 Å². The van der Waals surface area contributed by atoms with Crippen molar-refractivity contribution in [2.75, 3.05) is 47.1 Å². The van der Waals surface area contributed by atoms with Gasteiger partial charge in [0.1, 0.15) is 0 Å². The molecule has 0 bridgehead atoms. The molecule has 5 heteroatoms. The van der Waals surface area contributed by atoms with Crippen LogP contribution in [-0.4, -0.2) is 53.0 Å². The van der Waals surface area contributed by atoms with Crippen molar-refractivity contribution >= 4 is 5.96 Å². The van der Waals surface area contributed by atoms with E-state index in [0.29, 0.717) is 19.8 Å². The summed E-state index contributed by atoms with van der Waals surface area (Å²) >= 11 is 0. The highest BCUT2D eigenvalue weighted by molar-refractivity contribution is 5.79. The van der Waals surface area contributed by atoms with Gasteiger partial charge < -0.3 is 20.1 Å². The predicted octanol–water partition coefficient (Wildman–Crippen LogP) is 3.04. The van der Waals surface area contributed by atoms with Crippen LogP contribution in [0.5, 0.6) is 0 Å². The molecule has 0 amide bonds. The molecule has 0 atom stereocenters. The molecule has 2 N–H and O–H groups in total. The number of guanidine groups is 1. The number of methoxy groups -OCH3 is 1. The largest absolute Gasteiger partial charge is 0.382 e. The van der Waals surface area contributed by atoms with Gasteiger partial charge >= 0.3 is 0 Å². The summed E-state index contributed by atoms with van der Waals surface area (Å²) in [5.74, 6) is 1.08. The number of benzene rings is 2. The summed E-state index contributed by atoms with van der Waals surface area (Å²) in [6.07, 6.45) is 0.922. The molecule has 0 spiro atoms. The van der Waals surface area contributed by atoms with E-state index < -0.39 is 0 Å². The molecule has 146 valence electrons. The van der Waals surface area contributed by atoms with Crippen LogP contribution in [-0.2, 0) is 9.47 Å². The fraction of sp³-hybridized carbons (Fsp3) is 0.409. The van der Waals surface area contributed by atoms with Crippen LogP contribution in [0.25, 0.3) is 0 Å². The van der Waals surface area contributed by atoms with Crippen molar-refractivity contribution in [1.29, 1.82) is 0 Å². The lowest BCUT2D eigenvalue weighted by molar-refractivity contribution is 0.0698. The minimum atomic E-state index is 0.267. The first-order valence-electron chi connectivity index (χ1n) is 9.46. The average molecular weight is 370 g/mol. The molecule has 2 rings (SSSR count). The van der Waals surface area contributed by atoms with Crippen molar-refractivity contribution in [2.45, 2.75) is 12.3 Å². The lowest BCUT2D eigenvalue weighted by Gasteiger charge is -2.20. The van der Waals surface area contributed by atoms with Crippen LogP contribution in [0.3, 0.4) is 0 Å². The molecule has 2 aromatic carbocycles. The quantitative estimate of drug-likeness (QED) is 0.363. The predicted molar refractivity (Wildman–Crippen MR) is 111 cm³/mol. The summed E-state index contributed by atoms with van der Waals surface area (Å²) in [5.41, 5.74) is 2.58. The second kappa shape index (κ2) is 12.9. The van der Waals surface area contributed by atoms with Crippen molar-refractivity contribution < 1.29 is 9.47 Å². The fourth-order valence-corrected chi connectivity index (χ4v) is 2.84. The van der Waals surface area contributed by atoms with Gasteiger partial charge in [0.05, 0.1) is 13.2 Å². The fourth-order valence-electron chi connectivity index (χ4n) is 2.84. The Morgan fingerprint density at radius 1 is 0.889 bits per heavy atom. The number of nitrogens with one attached hydrogen (secondary N) is 2. The van der Waals surface area contributed by atoms with E-state index in [-0.39, 0.29) is 5.92 Å². The molecular weight excluding hydrogens is 338 g/mol. The first-order chi connectivity index (χ1) is 13.3. The van der Waals surface area contributed by atoms with Gasteiger partial charge in [-0.25, -0.2) is 0 Å². The van der Waals surface area contributed by atoms with Crippen molar-refractivity contribution in [1.82, 2.24) is 10.6 Å². The summed E-state index contributed by atoms with van der Waals surface area (Å²) < 4.78 is 10.4. The van der Waals surface area contributed by atoms with E-state index >= 15 is 0 Å². The SMILES string of the molecule is CN=C(NCCCOCCOC)NCC(c1ccccc1)c1ccccc1. The maximum Gasteiger partial charge on any atom is 0.191 e. The van der Waals surface area contributed by atoms with E-state index in [1.807, 2.05) is 12.1 Å². The van der Waals surface area contributed by atoms with Crippen LogP contribution in [0.15, 0.2) is 65.7 Å². The zero-order chi connectivity index (χ0) is 19.2. The lowest BCUT2D eigenvalue weighted by atomic mass is 9.91. The van der Waals surface area contributed by atoms with Gasteiger partial charge in [-0.3, -0.25) is 4.99 Å². The van der Waals surface area contributed by atoms with Crippen LogP contribution in [0.4, 0.5) is 0 Å². The molecule has 0 aliphatic carbocycles. The highest BCUT2D eigenvalue weighted by Crippen LogP contribution is 2.23. The van der Waals surface area contributed by atoms with Crippen LogP contribution in [0.1, 0.15) is 23.5 Å². The number of hydrogen-bond acceptors (Lipinski definition) is 3. The molecule has 0 radical (unpaired) electrons. The standard InChI is InChI=1S/C22H31N3O2/c1-23-22(24-14-9-15-27-17-16-26-2)25-18-21(19-10-5-3-6-11-19)20-12-7-4-8-13-20/h3-8,10-13,21H,9,14-18H2,1-2H3,(H2,23,24,25). The summed E-state index contributed by atoms with van der Waals surface area (Å²) in [5, 5.41) is 6.80. The number of rotatable bonds is 11. The van der Waals surface area contributed by atoms with Gasteiger partial charge in [-0.05, 0) is 17.5 Å². The third-order valence-electron chi connectivity index (χ3n) is 4.29. The molecule has 5 nitrogen and oxygen atoms in total. The Labute approximate surface area is 162 Å². The monoisotopic (exact) mass is 369 g/mol. The molecule has 0 saturated heterocycles. The molecule has 0 heterocycles. The minimum absolute atomic E-state index is 0.267. The zero-order valence-electron chi connectivity index (χ0n) is 16.4. The number of nitrogens with zero attached hydrogens (tertiary/aromatic N) is 1. The number of hydrogen-bond donors (Lipinski definition) is 2.